The summed E-state index contributed by atoms with van der Waals surface area (Å²) in [5.41, 5.74) is 3.25. The molecule has 0 radical (unpaired) electrons. The number of ether oxygens (including phenoxy) is 2. The number of guanidine groups is 1. The van der Waals surface area contributed by atoms with Crippen LogP contribution >= 0.6 is 0 Å². The molecule has 6 heteroatoms. The van der Waals surface area contributed by atoms with Crippen LogP contribution in [-0.4, -0.2) is 37.9 Å². The highest BCUT2D eigenvalue weighted by Gasteiger charge is 2.06. The van der Waals surface area contributed by atoms with E-state index in [-0.39, 0.29) is 5.75 Å². The van der Waals surface area contributed by atoms with Crippen LogP contribution in [0.5, 0.6) is 11.5 Å². The van der Waals surface area contributed by atoms with Gasteiger partial charge in [0.1, 0.15) is 18.1 Å². The third kappa shape index (κ3) is 7.19. The van der Waals surface area contributed by atoms with E-state index >= 15 is 0 Å². The van der Waals surface area contributed by atoms with E-state index in [0.29, 0.717) is 26.3 Å². The van der Waals surface area contributed by atoms with Gasteiger partial charge in [0.25, 0.3) is 0 Å². The van der Waals surface area contributed by atoms with Gasteiger partial charge in [-0.2, -0.15) is 0 Å². The Bertz CT molecular complexity index is 730. The van der Waals surface area contributed by atoms with Crippen molar-refractivity contribution in [3.05, 3.63) is 59.2 Å². The van der Waals surface area contributed by atoms with Gasteiger partial charge in [0.15, 0.2) is 5.96 Å². The maximum absolute atomic E-state index is 9.37. The van der Waals surface area contributed by atoms with Crippen LogP contribution in [-0.2, 0) is 17.8 Å². The van der Waals surface area contributed by atoms with Crippen molar-refractivity contribution in [1.29, 1.82) is 0 Å². The lowest BCUT2D eigenvalue weighted by molar-refractivity contribution is 0.145. The number of methoxy groups -OCH3 is 1. The molecule has 6 nitrogen and oxygen atoms in total. The van der Waals surface area contributed by atoms with E-state index < -0.39 is 0 Å². The number of phenols is 1. The summed E-state index contributed by atoms with van der Waals surface area (Å²) in [5.74, 6) is 1.84. The Morgan fingerprint density at radius 2 is 1.85 bits per heavy atom. The van der Waals surface area contributed by atoms with Gasteiger partial charge in [-0.05, 0) is 43.2 Å². The minimum absolute atomic E-state index is 0.258. The number of phenolic OH excluding ortho intramolecular Hbond substituents is 1. The lowest BCUT2D eigenvalue weighted by Crippen LogP contribution is -2.36. The minimum Gasteiger partial charge on any atom is -0.508 e. The number of aromatic hydroxyl groups is 1. The Morgan fingerprint density at radius 1 is 1.07 bits per heavy atom. The molecular formula is C21H29N3O3. The first kappa shape index (κ1) is 20.6. The average Bonchev–Trinajstić information content (AvgIpc) is 2.66. The molecule has 0 fully saturated rings. The highest BCUT2D eigenvalue weighted by molar-refractivity contribution is 5.79. The lowest BCUT2D eigenvalue weighted by Gasteiger charge is -2.15. The van der Waals surface area contributed by atoms with Crippen LogP contribution in [0.1, 0.15) is 23.6 Å². The van der Waals surface area contributed by atoms with E-state index in [4.69, 9.17) is 9.47 Å². The third-order valence-corrected chi connectivity index (χ3v) is 3.91. The van der Waals surface area contributed by atoms with Gasteiger partial charge >= 0.3 is 0 Å². The predicted octanol–water partition coefficient (Wildman–Crippen LogP) is 2.98. The summed E-state index contributed by atoms with van der Waals surface area (Å²) in [7, 11) is 1.66. The standard InChI is InChI=1S/C21H29N3O3/c1-4-22-21(23-14-17-6-9-19(25)10-7-17)24-15-18-8-5-16(2)13-20(18)27-12-11-26-3/h5-10,13,25H,4,11-12,14-15H2,1-3H3,(H2,22,23,24). The molecule has 0 aliphatic heterocycles. The molecule has 0 aliphatic rings. The molecule has 0 aliphatic carbocycles. The molecule has 0 bridgehead atoms. The second-order valence-electron chi connectivity index (χ2n) is 6.17. The summed E-state index contributed by atoms with van der Waals surface area (Å²) in [6.45, 7) is 7.04. The molecule has 0 unspecified atom stereocenters. The highest BCUT2D eigenvalue weighted by atomic mass is 16.5. The predicted molar refractivity (Wildman–Crippen MR) is 108 cm³/mol. The minimum atomic E-state index is 0.258. The number of rotatable bonds is 9. The van der Waals surface area contributed by atoms with Gasteiger partial charge in [0.05, 0.1) is 13.2 Å². The highest BCUT2D eigenvalue weighted by Crippen LogP contribution is 2.20. The molecule has 0 aromatic heterocycles. The van der Waals surface area contributed by atoms with E-state index in [9.17, 15) is 5.11 Å². The molecule has 0 heterocycles. The van der Waals surface area contributed by atoms with Crippen LogP contribution in [0.15, 0.2) is 47.5 Å². The lowest BCUT2D eigenvalue weighted by atomic mass is 10.1. The molecular weight excluding hydrogens is 342 g/mol. The summed E-state index contributed by atoms with van der Waals surface area (Å²) < 4.78 is 10.9. The van der Waals surface area contributed by atoms with Gasteiger partial charge in [0, 0.05) is 25.8 Å². The summed E-state index contributed by atoms with van der Waals surface area (Å²) in [4.78, 5) is 4.60. The second-order valence-corrected chi connectivity index (χ2v) is 6.17. The fourth-order valence-electron chi connectivity index (χ4n) is 2.47. The Hall–Kier alpha value is -2.73. The molecule has 3 N–H and O–H groups in total. The normalized spacial score (nSPS) is 11.3. The van der Waals surface area contributed by atoms with Gasteiger partial charge in [-0.1, -0.05) is 24.3 Å². The van der Waals surface area contributed by atoms with E-state index in [2.05, 4.69) is 27.8 Å². The van der Waals surface area contributed by atoms with Crippen molar-refractivity contribution in [1.82, 2.24) is 10.6 Å². The Balaban J connectivity index is 2.02. The molecule has 0 saturated heterocycles. The summed E-state index contributed by atoms with van der Waals surface area (Å²) in [6, 6.07) is 13.2. The molecule has 0 amide bonds. The number of hydrogen-bond acceptors (Lipinski definition) is 4. The Morgan fingerprint density at radius 3 is 2.56 bits per heavy atom. The number of aliphatic imine (C=N–C) groups is 1. The van der Waals surface area contributed by atoms with Crippen LogP contribution in [0, 0.1) is 6.92 Å². The first-order valence-electron chi connectivity index (χ1n) is 9.13. The quantitative estimate of drug-likeness (QED) is 0.359. The molecule has 146 valence electrons. The maximum Gasteiger partial charge on any atom is 0.191 e. The van der Waals surface area contributed by atoms with E-state index in [1.165, 1.54) is 0 Å². The second kappa shape index (κ2) is 11.1. The van der Waals surface area contributed by atoms with Gasteiger partial charge in [-0.15, -0.1) is 0 Å². The average molecular weight is 371 g/mol. The number of benzene rings is 2. The first-order valence-corrected chi connectivity index (χ1v) is 9.13. The SMILES string of the molecule is CCNC(=NCc1ccc(O)cc1)NCc1ccc(C)cc1OCCOC. The molecule has 0 atom stereocenters. The van der Waals surface area contributed by atoms with Crippen molar-refractivity contribution in [3.8, 4) is 11.5 Å². The van der Waals surface area contributed by atoms with E-state index in [0.717, 1.165) is 34.9 Å². The van der Waals surface area contributed by atoms with Crippen molar-refractivity contribution in [2.75, 3.05) is 26.9 Å². The Kier molecular flexibility index (Phi) is 8.45. The van der Waals surface area contributed by atoms with Crippen LogP contribution in [0.2, 0.25) is 0 Å². The van der Waals surface area contributed by atoms with Crippen molar-refractivity contribution in [3.63, 3.8) is 0 Å². The molecule has 2 rings (SSSR count). The monoisotopic (exact) mass is 371 g/mol. The van der Waals surface area contributed by atoms with E-state index in [1.807, 2.05) is 32.0 Å². The number of aryl methyl sites for hydroxylation is 1. The first-order chi connectivity index (χ1) is 13.1. The zero-order valence-electron chi connectivity index (χ0n) is 16.3. The van der Waals surface area contributed by atoms with Crippen LogP contribution in [0.4, 0.5) is 0 Å². The van der Waals surface area contributed by atoms with Gasteiger partial charge in [-0.3, -0.25) is 0 Å². The zero-order chi connectivity index (χ0) is 19.5. The number of hydrogen-bond donors (Lipinski definition) is 3. The fraction of sp³-hybridized carbons (Fsp3) is 0.381. The molecule has 0 spiro atoms. The largest absolute Gasteiger partial charge is 0.508 e. The maximum atomic E-state index is 9.37. The smallest absolute Gasteiger partial charge is 0.191 e. The summed E-state index contributed by atoms with van der Waals surface area (Å²) in [5, 5.41) is 16.0. The van der Waals surface area contributed by atoms with E-state index in [1.54, 1.807) is 19.2 Å². The number of nitrogens with zero attached hydrogens (tertiary/aromatic N) is 1. The third-order valence-electron chi connectivity index (χ3n) is 3.91. The molecule has 2 aromatic carbocycles. The van der Waals surface area contributed by atoms with Crippen molar-refractivity contribution in [2.45, 2.75) is 26.9 Å². The fourth-order valence-corrected chi connectivity index (χ4v) is 2.47. The number of nitrogens with one attached hydrogen (secondary N) is 2. The van der Waals surface area contributed by atoms with Gasteiger partial charge < -0.3 is 25.2 Å². The topological polar surface area (TPSA) is 75.1 Å². The van der Waals surface area contributed by atoms with Crippen LogP contribution < -0.4 is 15.4 Å². The Labute approximate surface area is 161 Å². The van der Waals surface area contributed by atoms with Gasteiger partial charge in [0.2, 0.25) is 0 Å². The van der Waals surface area contributed by atoms with Gasteiger partial charge in [-0.25, -0.2) is 4.99 Å². The molecule has 27 heavy (non-hydrogen) atoms. The van der Waals surface area contributed by atoms with Crippen molar-refractivity contribution >= 4 is 5.96 Å². The van der Waals surface area contributed by atoms with Crippen molar-refractivity contribution in [2.24, 2.45) is 4.99 Å². The molecule has 2 aromatic rings. The zero-order valence-corrected chi connectivity index (χ0v) is 16.3. The summed E-state index contributed by atoms with van der Waals surface area (Å²) >= 11 is 0. The molecule has 0 saturated carbocycles. The van der Waals surface area contributed by atoms with Crippen LogP contribution in [0.25, 0.3) is 0 Å². The van der Waals surface area contributed by atoms with Crippen LogP contribution in [0.3, 0.4) is 0 Å². The summed E-state index contributed by atoms with van der Waals surface area (Å²) in [6.07, 6.45) is 0. The van der Waals surface area contributed by atoms with Crippen molar-refractivity contribution < 1.29 is 14.6 Å².